The van der Waals surface area contributed by atoms with Crippen LogP contribution in [-0.2, 0) is 0 Å². The minimum atomic E-state index is 0.546. The number of furan rings is 1. The summed E-state index contributed by atoms with van der Waals surface area (Å²) >= 11 is 0. The van der Waals surface area contributed by atoms with Crippen molar-refractivity contribution in [1.82, 2.24) is 19.6 Å². The van der Waals surface area contributed by atoms with E-state index in [9.17, 15) is 0 Å². The van der Waals surface area contributed by atoms with E-state index in [1.54, 1.807) is 18.0 Å². The molecule has 126 valence electrons. The first-order valence-corrected chi connectivity index (χ1v) is 8.16. The fourth-order valence-electron chi connectivity index (χ4n) is 2.94. The zero-order valence-corrected chi connectivity index (χ0v) is 14.0. The second kappa shape index (κ2) is 5.70. The second-order valence-electron chi connectivity index (χ2n) is 5.87. The molecule has 0 amide bonds. The second-order valence-corrected chi connectivity index (χ2v) is 5.87. The van der Waals surface area contributed by atoms with Gasteiger partial charge in [-0.3, -0.25) is 0 Å². The van der Waals surface area contributed by atoms with Crippen molar-refractivity contribution in [3.05, 3.63) is 67.0 Å². The number of hydrogen-bond donors (Lipinski definition) is 0. The van der Waals surface area contributed by atoms with Gasteiger partial charge in [-0.15, -0.1) is 5.10 Å². The summed E-state index contributed by atoms with van der Waals surface area (Å²) in [7, 11) is 1.64. The summed E-state index contributed by atoms with van der Waals surface area (Å²) in [5.74, 6) is 2.18. The van der Waals surface area contributed by atoms with E-state index >= 15 is 0 Å². The Morgan fingerprint density at radius 3 is 2.54 bits per heavy atom. The quantitative estimate of drug-likeness (QED) is 0.491. The van der Waals surface area contributed by atoms with Crippen LogP contribution in [0.4, 0.5) is 0 Å². The molecule has 2 aromatic carbocycles. The predicted octanol–water partition coefficient (Wildman–Crippen LogP) is 4.21. The van der Waals surface area contributed by atoms with Crippen LogP contribution in [0.5, 0.6) is 5.75 Å². The average Bonchev–Trinajstić information content (AvgIpc) is 3.32. The number of fused-ring (bicyclic) bond motifs is 3. The van der Waals surface area contributed by atoms with Gasteiger partial charge in [-0.1, -0.05) is 30.3 Å². The van der Waals surface area contributed by atoms with Gasteiger partial charge >= 0.3 is 0 Å². The molecule has 6 heteroatoms. The highest BCUT2D eigenvalue weighted by atomic mass is 16.5. The van der Waals surface area contributed by atoms with Crippen LogP contribution >= 0.6 is 0 Å². The summed E-state index contributed by atoms with van der Waals surface area (Å²) in [4.78, 5) is 9.05. The van der Waals surface area contributed by atoms with Crippen molar-refractivity contribution in [3.8, 4) is 28.5 Å². The Balaban J connectivity index is 1.65. The van der Waals surface area contributed by atoms with E-state index in [0.29, 0.717) is 17.2 Å². The Labute approximate surface area is 148 Å². The van der Waals surface area contributed by atoms with E-state index in [-0.39, 0.29) is 0 Å². The number of ether oxygens (including phenoxy) is 1. The van der Waals surface area contributed by atoms with Crippen LogP contribution in [0.1, 0.15) is 0 Å². The molecule has 0 fully saturated rings. The summed E-state index contributed by atoms with van der Waals surface area (Å²) < 4.78 is 12.8. The summed E-state index contributed by atoms with van der Waals surface area (Å²) in [5, 5.41) is 5.36. The molecule has 5 rings (SSSR count). The van der Waals surface area contributed by atoms with Crippen molar-refractivity contribution in [2.45, 2.75) is 0 Å². The standard InChI is InChI=1S/C20H14N4O2/c1-25-15-9-7-14(8-10-15)18-22-19-16-11-17(13-5-3-2-4-6-13)26-20(16)21-12-24(19)23-18/h2-12H,1H3. The molecule has 0 bridgehead atoms. The molecule has 6 nitrogen and oxygen atoms in total. The van der Waals surface area contributed by atoms with Gasteiger partial charge in [0.15, 0.2) is 11.5 Å². The molecule has 0 N–H and O–H groups in total. The smallest absolute Gasteiger partial charge is 0.231 e. The molecule has 0 radical (unpaired) electrons. The van der Waals surface area contributed by atoms with Crippen LogP contribution in [0.25, 0.3) is 39.5 Å². The van der Waals surface area contributed by atoms with Gasteiger partial charge in [0.2, 0.25) is 5.71 Å². The molecule has 0 aliphatic rings. The van der Waals surface area contributed by atoms with Gasteiger partial charge in [-0.2, -0.15) is 0 Å². The molecule has 0 unspecified atom stereocenters. The predicted molar refractivity (Wildman–Crippen MR) is 98.0 cm³/mol. The molecule has 3 heterocycles. The Hall–Kier alpha value is -3.67. The SMILES string of the molecule is COc1ccc(-c2nc3c4cc(-c5ccccc5)oc4ncn3n2)cc1. The third kappa shape index (κ3) is 2.31. The number of benzene rings is 2. The molecule has 5 aromatic rings. The maximum Gasteiger partial charge on any atom is 0.231 e. The monoisotopic (exact) mass is 342 g/mol. The van der Waals surface area contributed by atoms with Crippen molar-refractivity contribution < 1.29 is 9.15 Å². The molecule has 0 aliphatic carbocycles. The molecular formula is C20H14N4O2. The molecule has 0 spiro atoms. The fraction of sp³-hybridized carbons (Fsp3) is 0.0500. The number of methoxy groups -OCH3 is 1. The van der Waals surface area contributed by atoms with Gasteiger partial charge in [0.25, 0.3) is 0 Å². The first-order valence-electron chi connectivity index (χ1n) is 8.16. The Morgan fingerprint density at radius 2 is 1.77 bits per heavy atom. The molecule has 0 atom stereocenters. The minimum Gasteiger partial charge on any atom is -0.497 e. The van der Waals surface area contributed by atoms with E-state index in [2.05, 4.69) is 15.1 Å². The Kier molecular flexibility index (Phi) is 3.21. The summed E-state index contributed by atoms with van der Waals surface area (Å²) in [6.07, 6.45) is 1.62. The lowest BCUT2D eigenvalue weighted by molar-refractivity contribution is 0.415. The first-order chi connectivity index (χ1) is 12.8. The van der Waals surface area contributed by atoms with Crippen molar-refractivity contribution in [3.63, 3.8) is 0 Å². The van der Waals surface area contributed by atoms with Crippen LogP contribution < -0.4 is 4.74 Å². The highest BCUT2D eigenvalue weighted by Gasteiger charge is 2.14. The van der Waals surface area contributed by atoms with E-state index in [1.165, 1.54) is 0 Å². The van der Waals surface area contributed by atoms with E-state index in [0.717, 1.165) is 28.0 Å². The van der Waals surface area contributed by atoms with Gasteiger partial charge in [-0.05, 0) is 30.3 Å². The van der Waals surface area contributed by atoms with Crippen molar-refractivity contribution >= 4 is 16.7 Å². The third-order valence-corrected chi connectivity index (χ3v) is 4.28. The Morgan fingerprint density at radius 1 is 0.962 bits per heavy atom. The van der Waals surface area contributed by atoms with Crippen molar-refractivity contribution in [2.75, 3.05) is 7.11 Å². The van der Waals surface area contributed by atoms with Crippen molar-refractivity contribution in [1.29, 1.82) is 0 Å². The zero-order chi connectivity index (χ0) is 17.5. The highest BCUT2D eigenvalue weighted by molar-refractivity contribution is 5.91. The summed E-state index contributed by atoms with van der Waals surface area (Å²) in [5.41, 5.74) is 3.17. The summed E-state index contributed by atoms with van der Waals surface area (Å²) in [6, 6.07) is 19.5. The first kappa shape index (κ1) is 14.7. The molecular weight excluding hydrogens is 328 g/mol. The van der Waals surface area contributed by atoms with Gasteiger partial charge < -0.3 is 9.15 Å². The lowest BCUT2D eigenvalue weighted by Gasteiger charge is -1.99. The number of aromatic nitrogens is 4. The molecule has 3 aromatic heterocycles. The van der Waals surface area contributed by atoms with Crippen LogP contribution in [0.2, 0.25) is 0 Å². The normalized spacial score (nSPS) is 11.3. The van der Waals surface area contributed by atoms with Crippen LogP contribution in [0.3, 0.4) is 0 Å². The van der Waals surface area contributed by atoms with Crippen LogP contribution in [-0.4, -0.2) is 26.7 Å². The molecule has 26 heavy (non-hydrogen) atoms. The van der Waals surface area contributed by atoms with Crippen molar-refractivity contribution in [2.24, 2.45) is 0 Å². The van der Waals surface area contributed by atoms with Gasteiger partial charge in [0.1, 0.15) is 17.8 Å². The fourth-order valence-corrected chi connectivity index (χ4v) is 2.94. The lowest BCUT2D eigenvalue weighted by atomic mass is 10.2. The zero-order valence-electron chi connectivity index (χ0n) is 14.0. The van der Waals surface area contributed by atoms with E-state index < -0.39 is 0 Å². The van der Waals surface area contributed by atoms with E-state index in [4.69, 9.17) is 9.15 Å². The number of rotatable bonds is 3. The van der Waals surface area contributed by atoms with Crippen LogP contribution in [0.15, 0.2) is 71.4 Å². The maximum absolute atomic E-state index is 5.90. The lowest BCUT2D eigenvalue weighted by Crippen LogP contribution is -1.89. The van der Waals surface area contributed by atoms with E-state index in [1.807, 2.05) is 60.7 Å². The number of hydrogen-bond acceptors (Lipinski definition) is 5. The number of nitrogens with zero attached hydrogens (tertiary/aromatic N) is 4. The molecule has 0 aliphatic heterocycles. The van der Waals surface area contributed by atoms with Gasteiger partial charge in [0, 0.05) is 11.1 Å². The van der Waals surface area contributed by atoms with Crippen LogP contribution in [0, 0.1) is 0 Å². The largest absolute Gasteiger partial charge is 0.497 e. The topological polar surface area (TPSA) is 65.5 Å². The summed E-state index contributed by atoms with van der Waals surface area (Å²) in [6.45, 7) is 0. The average molecular weight is 342 g/mol. The van der Waals surface area contributed by atoms with Gasteiger partial charge in [0.05, 0.1) is 12.5 Å². The molecule has 0 saturated carbocycles. The highest BCUT2D eigenvalue weighted by Crippen LogP contribution is 2.29. The third-order valence-electron chi connectivity index (χ3n) is 4.28. The maximum atomic E-state index is 5.90. The Bertz CT molecular complexity index is 1210. The minimum absolute atomic E-state index is 0.546. The molecule has 0 saturated heterocycles. The van der Waals surface area contributed by atoms with Gasteiger partial charge in [-0.25, -0.2) is 14.5 Å².